The van der Waals surface area contributed by atoms with E-state index in [1.165, 1.54) is 16.5 Å². The standard InChI is InChI=1S/C21H24N2O3/c1-24-17-6-8-18(9-7-17)26-19-14-23(10-11-25-15-19)13-16-12-22-21-5-3-2-4-20(16)21/h2-9,12,19,22H,10-11,13-15H2,1H3. The van der Waals surface area contributed by atoms with Gasteiger partial charge < -0.3 is 19.2 Å². The Morgan fingerprint density at radius 1 is 1.12 bits per heavy atom. The highest BCUT2D eigenvalue weighted by atomic mass is 16.5. The van der Waals surface area contributed by atoms with E-state index < -0.39 is 0 Å². The molecule has 0 aliphatic carbocycles. The van der Waals surface area contributed by atoms with Crippen LogP contribution < -0.4 is 9.47 Å². The van der Waals surface area contributed by atoms with E-state index in [9.17, 15) is 0 Å². The minimum atomic E-state index is 0.0103. The van der Waals surface area contributed by atoms with Gasteiger partial charge in [-0.1, -0.05) is 18.2 Å². The lowest BCUT2D eigenvalue weighted by molar-refractivity contribution is 0.0710. The van der Waals surface area contributed by atoms with Gasteiger partial charge in [-0.05, 0) is 35.9 Å². The lowest BCUT2D eigenvalue weighted by Crippen LogP contribution is -2.35. The number of benzene rings is 2. The van der Waals surface area contributed by atoms with Gasteiger partial charge in [0.15, 0.2) is 0 Å². The van der Waals surface area contributed by atoms with Crippen LogP contribution in [0.3, 0.4) is 0 Å². The van der Waals surface area contributed by atoms with Crippen molar-refractivity contribution in [1.29, 1.82) is 0 Å². The molecule has 1 N–H and O–H groups in total. The molecular weight excluding hydrogens is 328 g/mol. The van der Waals surface area contributed by atoms with Crippen LogP contribution in [0, 0.1) is 0 Å². The molecule has 1 aromatic heterocycles. The fraction of sp³-hybridized carbons (Fsp3) is 0.333. The number of rotatable bonds is 5. The molecule has 0 saturated carbocycles. The second kappa shape index (κ2) is 7.81. The largest absolute Gasteiger partial charge is 0.497 e. The van der Waals surface area contributed by atoms with Crippen LogP contribution in [0.15, 0.2) is 54.7 Å². The first-order chi connectivity index (χ1) is 12.8. The maximum Gasteiger partial charge on any atom is 0.135 e. The van der Waals surface area contributed by atoms with E-state index >= 15 is 0 Å². The Balaban J connectivity index is 1.43. The molecule has 0 spiro atoms. The molecule has 5 nitrogen and oxygen atoms in total. The van der Waals surface area contributed by atoms with Gasteiger partial charge in [-0.25, -0.2) is 0 Å². The van der Waals surface area contributed by atoms with Crippen molar-refractivity contribution < 1.29 is 14.2 Å². The summed E-state index contributed by atoms with van der Waals surface area (Å²) in [7, 11) is 1.66. The van der Waals surface area contributed by atoms with Gasteiger partial charge in [0.05, 0.1) is 20.3 Å². The monoisotopic (exact) mass is 352 g/mol. The number of methoxy groups -OCH3 is 1. The zero-order valence-corrected chi connectivity index (χ0v) is 15.0. The summed E-state index contributed by atoms with van der Waals surface area (Å²) in [6.07, 6.45) is 2.12. The van der Waals surface area contributed by atoms with Crippen LogP contribution in [-0.2, 0) is 11.3 Å². The zero-order valence-electron chi connectivity index (χ0n) is 15.0. The number of ether oxygens (including phenoxy) is 3. The number of nitrogens with zero attached hydrogens (tertiary/aromatic N) is 1. The van der Waals surface area contributed by atoms with Gasteiger partial charge >= 0.3 is 0 Å². The lowest BCUT2D eigenvalue weighted by atomic mass is 10.1. The van der Waals surface area contributed by atoms with Gasteiger partial charge in [0.2, 0.25) is 0 Å². The number of H-pyrrole nitrogens is 1. The lowest BCUT2D eigenvalue weighted by Gasteiger charge is -2.24. The second-order valence-corrected chi connectivity index (χ2v) is 6.58. The molecule has 0 amide bonds. The molecule has 0 bridgehead atoms. The third kappa shape index (κ3) is 3.84. The van der Waals surface area contributed by atoms with E-state index in [2.05, 4.69) is 40.3 Å². The SMILES string of the molecule is COc1ccc(OC2COCCN(Cc3c[nH]c4ccccc34)C2)cc1. The van der Waals surface area contributed by atoms with Gasteiger partial charge in [0.25, 0.3) is 0 Å². The van der Waals surface area contributed by atoms with Crippen LogP contribution in [0.5, 0.6) is 11.5 Å². The summed E-state index contributed by atoms with van der Waals surface area (Å²) in [4.78, 5) is 5.75. The van der Waals surface area contributed by atoms with Crippen LogP contribution in [0.2, 0.25) is 0 Å². The summed E-state index contributed by atoms with van der Waals surface area (Å²) in [6, 6.07) is 16.1. The Labute approximate surface area is 153 Å². The molecule has 136 valence electrons. The molecule has 2 heterocycles. The first kappa shape index (κ1) is 16.9. The van der Waals surface area contributed by atoms with Crippen molar-refractivity contribution in [3.05, 3.63) is 60.3 Å². The maximum atomic E-state index is 6.14. The van der Waals surface area contributed by atoms with E-state index in [-0.39, 0.29) is 6.10 Å². The van der Waals surface area contributed by atoms with Crippen molar-refractivity contribution in [2.24, 2.45) is 0 Å². The van der Waals surface area contributed by atoms with Crippen molar-refractivity contribution in [3.8, 4) is 11.5 Å². The van der Waals surface area contributed by atoms with Crippen LogP contribution in [0.1, 0.15) is 5.56 Å². The Hall–Kier alpha value is -2.50. The Morgan fingerprint density at radius 3 is 2.77 bits per heavy atom. The van der Waals surface area contributed by atoms with E-state index in [1.807, 2.05) is 24.3 Å². The van der Waals surface area contributed by atoms with Crippen LogP contribution in [-0.4, -0.2) is 49.4 Å². The third-order valence-corrected chi connectivity index (χ3v) is 4.75. The summed E-state index contributed by atoms with van der Waals surface area (Å²) in [5.41, 5.74) is 2.49. The molecule has 2 aromatic carbocycles. The van der Waals surface area contributed by atoms with Crippen molar-refractivity contribution in [1.82, 2.24) is 9.88 Å². The zero-order chi connectivity index (χ0) is 17.8. The fourth-order valence-corrected chi connectivity index (χ4v) is 3.41. The summed E-state index contributed by atoms with van der Waals surface area (Å²) in [5, 5.41) is 1.28. The third-order valence-electron chi connectivity index (χ3n) is 4.75. The molecule has 1 unspecified atom stereocenters. The first-order valence-corrected chi connectivity index (χ1v) is 8.97. The first-order valence-electron chi connectivity index (χ1n) is 8.97. The topological polar surface area (TPSA) is 46.7 Å². The van der Waals surface area contributed by atoms with Crippen molar-refractivity contribution in [3.63, 3.8) is 0 Å². The highest BCUT2D eigenvalue weighted by Gasteiger charge is 2.21. The molecule has 4 rings (SSSR count). The van der Waals surface area contributed by atoms with Crippen LogP contribution in [0.4, 0.5) is 0 Å². The minimum Gasteiger partial charge on any atom is -0.497 e. The van der Waals surface area contributed by atoms with Crippen LogP contribution >= 0.6 is 0 Å². The summed E-state index contributed by atoms with van der Waals surface area (Å²) >= 11 is 0. The second-order valence-electron chi connectivity index (χ2n) is 6.58. The Kier molecular flexibility index (Phi) is 5.09. The van der Waals surface area contributed by atoms with Gasteiger partial charge in [0, 0.05) is 36.7 Å². The molecule has 1 saturated heterocycles. The molecule has 3 aromatic rings. The molecule has 1 aliphatic rings. The predicted octanol–water partition coefficient (Wildman–Crippen LogP) is 3.46. The number of nitrogens with one attached hydrogen (secondary N) is 1. The quantitative estimate of drug-likeness (QED) is 0.764. The molecule has 26 heavy (non-hydrogen) atoms. The average Bonchev–Trinajstić information content (AvgIpc) is 2.95. The maximum absolute atomic E-state index is 6.14. The highest BCUT2D eigenvalue weighted by molar-refractivity contribution is 5.82. The summed E-state index contributed by atoms with van der Waals surface area (Å²) < 4.78 is 17.1. The Morgan fingerprint density at radius 2 is 1.92 bits per heavy atom. The van der Waals surface area contributed by atoms with Gasteiger partial charge in [-0.3, -0.25) is 4.90 Å². The number of aromatic nitrogens is 1. The van der Waals surface area contributed by atoms with Gasteiger partial charge in [-0.15, -0.1) is 0 Å². The molecule has 1 aliphatic heterocycles. The highest BCUT2D eigenvalue weighted by Crippen LogP contribution is 2.22. The van der Waals surface area contributed by atoms with Crippen molar-refractivity contribution in [2.45, 2.75) is 12.6 Å². The summed E-state index contributed by atoms with van der Waals surface area (Å²) in [5.74, 6) is 1.67. The number of hydrogen-bond acceptors (Lipinski definition) is 4. The predicted molar refractivity (Wildman–Crippen MR) is 102 cm³/mol. The molecule has 0 radical (unpaired) electrons. The molecular formula is C21H24N2O3. The van der Waals surface area contributed by atoms with Gasteiger partial charge in [0.1, 0.15) is 17.6 Å². The number of hydrogen-bond donors (Lipinski definition) is 1. The van der Waals surface area contributed by atoms with E-state index in [0.717, 1.165) is 37.7 Å². The average molecular weight is 352 g/mol. The van der Waals surface area contributed by atoms with E-state index in [4.69, 9.17) is 14.2 Å². The Bertz CT molecular complexity index is 844. The van der Waals surface area contributed by atoms with Crippen LogP contribution in [0.25, 0.3) is 10.9 Å². The molecule has 1 atom stereocenters. The number of fused-ring (bicyclic) bond motifs is 1. The molecule has 5 heteroatoms. The van der Waals surface area contributed by atoms with Crippen molar-refractivity contribution >= 4 is 10.9 Å². The van der Waals surface area contributed by atoms with E-state index in [1.54, 1.807) is 7.11 Å². The van der Waals surface area contributed by atoms with Crippen molar-refractivity contribution in [2.75, 3.05) is 33.4 Å². The molecule has 1 fully saturated rings. The normalized spacial score (nSPS) is 18.6. The van der Waals surface area contributed by atoms with E-state index in [0.29, 0.717) is 6.61 Å². The minimum absolute atomic E-state index is 0.0103. The number of aromatic amines is 1. The van der Waals surface area contributed by atoms with Gasteiger partial charge in [-0.2, -0.15) is 0 Å². The smallest absolute Gasteiger partial charge is 0.135 e. The summed E-state index contributed by atoms with van der Waals surface area (Å²) in [6.45, 7) is 3.96. The number of para-hydroxylation sites is 1. The fourth-order valence-electron chi connectivity index (χ4n) is 3.41.